The van der Waals surface area contributed by atoms with E-state index in [1.54, 1.807) is 0 Å². The van der Waals surface area contributed by atoms with E-state index >= 15 is 0 Å². The Balaban J connectivity index is 0.000000162. The van der Waals surface area contributed by atoms with Gasteiger partial charge in [-0.3, -0.25) is 4.79 Å². The normalized spacial score (nSPS) is 15.8. The molecule has 0 aliphatic carbocycles. The lowest BCUT2D eigenvalue weighted by Gasteiger charge is -2.40. The summed E-state index contributed by atoms with van der Waals surface area (Å²) in [6.45, 7) is 4.04. The molecule has 7 aromatic rings. The number of carbonyl (C=O) groups excluding carboxylic acids is 3. The quantitative estimate of drug-likeness (QED) is 0.0289. The number of methoxy groups -OCH3 is 2. The van der Waals surface area contributed by atoms with Crippen LogP contribution in [0.3, 0.4) is 0 Å². The highest BCUT2D eigenvalue weighted by atomic mass is 35.5. The standard InChI is InChI=1S/C18H16F5NO3S.C16H14F5NO3S.C15H14F5NO2S.C10H10ClNO3/c1-2-17(26)24-16-9-14(18-13(7-8-27-18)15(16)10-25)11-3-5-12(6-4-11)28(19,20,21,22)23;1-24-16(23)14-11-6-7-25-15(11)12(8-13(14)22)9-2-4-10(5-3-9)26(17,18,19,20)21;16-24(17,18,19,20)10-3-1-9(2-4-10)12-7-14(21)13(8-22)11-5-6-23-15(11)12;1-14-10(13)8-5-2-3-15-9(5)6(11)4-7(8)12/h2-6,9,25H,1,7-8,10H2,(H,24,26);2-5,8H,6-7,22H2,1H3;1-4,7,22H,5-6,8,21H2;4H,2-3,12H2,1H3. The number of hydrogen-bond donors (Lipinski definition) is 6. The van der Waals surface area contributed by atoms with Crippen LogP contribution in [0.4, 0.5) is 81.0 Å². The number of amides is 1. The van der Waals surface area contributed by atoms with Gasteiger partial charge in [-0.25, -0.2) is 9.59 Å². The van der Waals surface area contributed by atoms with Crippen LogP contribution in [-0.4, -0.2) is 68.7 Å². The molecule has 9 N–H and O–H groups in total. The first-order valence-corrected chi connectivity index (χ1v) is 33.0. The predicted octanol–water partition coefficient (Wildman–Crippen LogP) is 17.5. The maximum Gasteiger partial charge on any atom is 0.340 e. The van der Waals surface area contributed by atoms with Crippen molar-refractivity contribution in [1.29, 1.82) is 0 Å². The average molecular weight is 1410 g/mol. The summed E-state index contributed by atoms with van der Waals surface area (Å²) in [6, 6.07) is 13.3. The second-order valence-corrected chi connectivity index (χ2v) is 28.4. The summed E-state index contributed by atoms with van der Waals surface area (Å²) < 4.78 is 224. The Bertz CT molecular complexity index is 4200. The number of nitrogen functional groups attached to an aromatic ring is 3. The molecule has 4 heterocycles. The summed E-state index contributed by atoms with van der Waals surface area (Å²) in [5, 5.41) is 22.0. The Morgan fingerprint density at radius 2 is 0.806 bits per heavy atom. The lowest BCUT2D eigenvalue weighted by atomic mass is 9.95. The van der Waals surface area contributed by atoms with Gasteiger partial charge in [-0.15, -0.1) is 0 Å². The molecule has 15 nitrogen and oxygen atoms in total. The van der Waals surface area contributed by atoms with Crippen molar-refractivity contribution in [1.82, 2.24) is 0 Å². The number of nitrogens with one attached hydrogen (secondary N) is 1. The number of aliphatic hydroxyl groups excluding tert-OH is 2. The molecule has 11 rings (SSSR count). The summed E-state index contributed by atoms with van der Waals surface area (Å²) in [4.78, 5) is 29.2. The van der Waals surface area contributed by atoms with E-state index in [0.29, 0.717) is 153 Å². The fraction of sp³-hybridized carbons (Fsp3) is 0.203. The lowest BCUT2D eigenvalue weighted by Crippen LogP contribution is -2.11. The van der Waals surface area contributed by atoms with Gasteiger partial charge in [-0.2, -0.15) is 0 Å². The van der Waals surface area contributed by atoms with E-state index in [1.165, 1.54) is 38.5 Å². The summed E-state index contributed by atoms with van der Waals surface area (Å²) >= 11 is 5.94. The fourth-order valence-electron chi connectivity index (χ4n) is 10.3. The van der Waals surface area contributed by atoms with E-state index in [9.17, 15) is 82.9 Å². The molecule has 0 radical (unpaired) electrons. The minimum atomic E-state index is -9.77. The van der Waals surface area contributed by atoms with Gasteiger partial charge in [0.1, 0.15) is 37.7 Å². The molecule has 4 aliphatic heterocycles. The molecular formula is C59H54ClF15N4O11S3. The first-order chi connectivity index (χ1) is 42.7. The predicted molar refractivity (Wildman–Crippen MR) is 325 cm³/mol. The highest BCUT2D eigenvalue weighted by Crippen LogP contribution is 3.03. The Kier molecular flexibility index (Phi) is 17.3. The van der Waals surface area contributed by atoms with E-state index < -0.39 is 69.8 Å². The van der Waals surface area contributed by atoms with Crippen molar-refractivity contribution in [3.63, 3.8) is 0 Å². The minimum absolute atomic E-state index is 0.0629. The van der Waals surface area contributed by atoms with E-state index in [1.807, 2.05) is 0 Å². The number of fused-ring (bicyclic) bond motifs is 4. The molecule has 0 aromatic heterocycles. The zero-order valence-corrected chi connectivity index (χ0v) is 51.4. The molecule has 4 aliphatic rings. The van der Waals surface area contributed by atoms with Gasteiger partial charge in [0.2, 0.25) is 5.91 Å². The molecule has 0 saturated carbocycles. The van der Waals surface area contributed by atoms with Gasteiger partial charge in [0, 0.05) is 98.5 Å². The molecule has 93 heavy (non-hydrogen) atoms. The second kappa shape index (κ2) is 22.9. The molecule has 0 atom stereocenters. The van der Waals surface area contributed by atoms with Gasteiger partial charge in [-0.1, -0.05) is 113 Å². The maximum absolute atomic E-state index is 12.9. The highest BCUT2D eigenvalue weighted by Gasteiger charge is 2.67. The van der Waals surface area contributed by atoms with Crippen molar-refractivity contribution < 1.29 is 111 Å². The zero-order valence-electron chi connectivity index (χ0n) is 48.2. The number of benzene rings is 7. The molecule has 1 amide bonds. The van der Waals surface area contributed by atoms with E-state index in [4.69, 9.17) is 47.7 Å². The monoisotopic (exact) mass is 1410 g/mol. The first-order valence-electron chi connectivity index (χ1n) is 26.8. The van der Waals surface area contributed by atoms with Crippen molar-refractivity contribution in [3.05, 3.63) is 159 Å². The van der Waals surface area contributed by atoms with Crippen molar-refractivity contribution in [2.45, 2.75) is 53.6 Å². The Morgan fingerprint density at radius 3 is 1.16 bits per heavy atom. The van der Waals surface area contributed by atoms with Crippen LogP contribution in [0.15, 0.2) is 124 Å². The number of aliphatic hydroxyl groups is 2. The van der Waals surface area contributed by atoms with Gasteiger partial charge in [-0.05, 0) is 83.4 Å². The largest absolute Gasteiger partial charge is 0.492 e. The number of nitrogens with two attached hydrogens (primary N) is 3. The molecule has 0 spiro atoms. The van der Waals surface area contributed by atoms with Crippen LogP contribution in [0.2, 0.25) is 5.02 Å². The summed E-state index contributed by atoms with van der Waals surface area (Å²) in [6.07, 6.45) is 2.94. The Labute approximate surface area is 524 Å². The zero-order chi connectivity index (χ0) is 69.0. The number of esters is 2. The van der Waals surface area contributed by atoms with Crippen LogP contribution in [0.1, 0.15) is 54.1 Å². The molecule has 0 saturated heterocycles. The van der Waals surface area contributed by atoms with Gasteiger partial charge in [0.15, 0.2) is 0 Å². The fourth-order valence-corrected chi connectivity index (χ4v) is 12.6. The van der Waals surface area contributed by atoms with Gasteiger partial charge in [0.25, 0.3) is 0 Å². The van der Waals surface area contributed by atoms with Gasteiger partial charge >= 0.3 is 42.6 Å². The lowest BCUT2D eigenvalue weighted by molar-refractivity contribution is -0.111. The number of anilines is 4. The maximum atomic E-state index is 12.9. The van der Waals surface area contributed by atoms with Gasteiger partial charge in [0.05, 0.1) is 70.0 Å². The van der Waals surface area contributed by atoms with Crippen LogP contribution >= 0.6 is 42.3 Å². The highest BCUT2D eigenvalue weighted by molar-refractivity contribution is 8.46. The van der Waals surface area contributed by atoms with E-state index in [-0.39, 0.29) is 64.9 Å². The molecule has 0 bridgehead atoms. The number of rotatable bonds is 12. The van der Waals surface area contributed by atoms with E-state index in [2.05, 4.69) is 21.4 Å². The summed E-state index contributed by atoms with van der Waals surface area (Å²) in [7, 11) is -26.7. The second-order valence-electron chi connectivity index (χ2n) is 20.8. The van der Waals surface area contributed by atoms with Gasteiger partial charge < -0.3 is 61.2 Å². The van der Waals surface area contributed by atoms with Crippen molar-refractivity contribution in [2.75, 3.05) is 63.2 Å². The van der Waals surface area contributed by atoms with Crippen LogP contribution < -0.4 is 41.5 Å². The molecular weight excluding hydrogens is 1360 g/mol. The third-order valence-corrected chi connectivity index (χ3v) is 18.3. The SMILES string of the molecule is C=CC(=O)Nc1cc(-c2ccc(S(F)(F)(F)(F)F)cc2)c2c(c1CO)CCO2.COC(=O)c1c(N)cc(-c2ccc(S(F)(F)(F)(F)F)cc2)c2c1CCO2.COC(=O)c1c(N)cc(Cl)c2c1CCO2.Nc1cc(-c2ccc(S(F)(F)(F)(F)F)cc2)c2c(c1CO)CCO2. The molecule has 34 heteroatoms. The summed E-state index contributed by atoms with van der Waals surface area (Å²) in [5.74, 6) is -0.0891. The Hall–Kier alpha value is -8.50. The molecule has 506 valence electrons. The third kappa shape index (κ3) is 15.4. The van der Waals surface area contributed by atoms with Crippen molar-refractivity contribution in [3.8, 4) is 56.4 Å². The number of halogens is 16. The smallest absolute Gasteiger partial charge is 0.340 e. The number of carbonyl (C=O) groups is 3. The van der Waals surface area contributed by atoms with Crippen LogP contribution in [0, 0.1) is 0 Å². The number of ether oxygens (including phenoxy) is 6. The molecule has 7 aromatic carbocycles. The minimum Gasteiger partial charge on any atom is -0.492 e. The average Bonchev–Trinajstić information content (AvgIpc) is 1.32. The molecule has 0 unspecified atom stereocenters. The first kappa shape index (κ1) is 70.4. The van der Waals surface area contributed by atoms with Crippen LogP contribution in [0.25, 0.3) is 33.4 Å². The van der Waals surface area contributed by atoms with Crippen molar-refractivity contribution >= 4 is 82.9 Å². The van der Waals surface area contributed by atoms with Crippen molar-refractivity contribution in [2.24, 2.45) is 0 Å². The van der Waals surface area contributed by atoms with Crippen LogP contribution in [-0.2, 0) is 53.2 Å². The van der Waals surface area contributed by atoms with Crippen LogP contribution in [0.5, 0.6) is 23.0 Å². The Morgan fingerprint density at radius 1 is 0.495 bits per heavy atom. The third-order valence-electron chi connectivity index (χ3n) is 14.6. The van der Waals surface area contributed by atoms with E-state index in [0.717, 1.165) is 48.0 Å². The summed E-state index contributed by atoms with van der Waals surface area (Å²) in [5.41, 5.74) is 24.0. The number of hydrogen-bond acceptors (Lipinski definition) is 14. The topological polar surface area (TPSA) is 237 Å². The molecule has 0 fully saturated rings.